The number of amidine groups is 1. The number of benzene rings is 2. The summed E-state index contributed by atoms with van der Waals surface area (Å²) in [7, 11) is 3.16. The van der Waals surface area contributed by atoms with E-state index in [2.05, 4.69) is 5.32 Å². The Balaban J connectivity index is 1.61. The molecule has 2 aliphatic rings. The van der Waals surface area contributed by atoms with E-state index in [-0.39, 0.29) is 25.5 Å². The molecule has 1 amide bonds. The predicted molar refractivity (Wildman–Crippen MR) is 152 cm³/mol. The standard InChI is InChI=1S/C30H29N3O6S/c1-4-38-29(35)26-27(19-9-6-5-7-10-19)32-30-33(28(26)23-16-21(36-2)12-13-24(23)37-3)20(18-40-30)15-25(34)31-17-22-11-8-14-39-22/h5-14,16,18,28H,4,15,17H2,1-3H3,(H,31,34). The number of esters is 1. The molecule has 0 saturated heterocycles. The van der Waals surface area contributed by atoms with Crippen LogP contribution in [0.25, 0.3) is 5.70 Å². The summed E-state index contributed by atoms with van der Waals surface area (Å²) >= 11 is 1.40. The van der Waals surface area contributed by atoms with E-state index in [9.17, 15) is 9.59 Å². The van der Waals surface area contributed by atoms with Crippen molar-refractivity contribution in [1.29, 1.82) is 0 Å². The van der Waals surface area contributed by atoms with E-state index < -0.39 is 12.0 Å². The van der Waals surface area contributed by atoms with E-state index in [1.807, 2.05) is 46.7 Å². The van der Waals surface area contributed by atoms with Crippen molar-refractivity contribution in [2.45, 2.75) is 25.9 Å². The van der Waals surface area contributed by atoms with Gasteiger partial charge in [-0.15, -0.1) is 0 Å². The Morgan fingerprint density at radius 3 is 2.60 bits per heavy atom. The summed E-state index contributed by atoms with van der Waals surface area (Å²) in [4.78, 5) is 33.6. The van der Waals surface area contributed by atoms with Gasteiger partial charge in [-0.1, -0.05) is 42.1 Å². The number of rotatable bonds is 10. The molecule has 2 aliphatic heterocycles. The van der Waals surface area contributed by atoms with Crippen LogP contribution in [0, 0.1) is 0 Å². The van der Waals surface area contributed by atoms with Gasteiger partial charge in [-0.2, -0.15) is 0 Å². The molecule has 40 heavy (non-hydrogen) atoms. The minimum atomic E-state index is -0.703. The zero-order valence-electron chi connectivity index (χ0n) is 22.4. The Hall–Kier alpha value is -4.44. The largest absolute Gasteiger partial charge is 0.497 e. The number of ether oxygens (including phenoxy) is 3. The number of thioether (sulfide) groups is 1. The minimum absolute atomic E-state index is 0.0618. The van der Waals surface area contributed by atoms with E-state index in [0.29, 0.717) is 45.0 Å². The summed E-state index contributed by atoms with van der Waals surface area (Å²) in [5, 5.41) is 5.42. The number of aliphatic imine (C=N–C) groups is 1. The summed E-state index contributed by atoms with van der Waals surface area (Å²) in [5.74, 6) is 1.11. The van der Waals surface area contributed by atoms with Gasteiger partial charge in [0.25, 0.3) is 0 Å². The van der Waals surface area contributed by atoms with Gasteiger partial charge in [-0.25, -0.2) is 9.79 Å². The first kappa shape index (κ1) is 27.1. The van der Waals surface area contributed by atoms with Gasteiger partial charge in [0.05, 0.1) is 57.4 Å². The molecule has 1 unspecified atom stereocenters. The second-order valence-electron chi connectivity index (χ2n) is 8.88. The second-order valence-corrected chi connectivity index (χ2v) is 9.72. The Morgan fingerprint density at radius 2 is 1.90 bits per heavy atom. The van der Waals surface area contributed by atoms with Crippen LogP contribution < -0.4 is 14.8 Å². The number of amides is 1. The van der Waals surface area contributed by atoms with Gasteiger partial charge in [-0.05, 0) is 42.7 Å². The Bertz CT molecular complexity index is 1480. The molecule has 0 spiro atoms. The van der Waals surface area contributed by atoms with Gasteiger partial charge in [0.15, 0.2) is 5.17 Å². The molecule has 0 bridgehead atoms. The van der Waals surface area contributed by atoms with Crippen molar-refractivity contribution in [3.8, 4) is 11.5 Å². The zero-order chi connectivity index (χ0) is 28.1. The van der Waals surface area contributed by atoms with Crippen LogP contribution in [0.15, 0.2) is 93.0 Å². The summed E-state index contributed by atoms with van der Waals surface area (Å²) in [6.07, 6.45) is 1.63. The van der Waals surface area contributed by atoms with E-state index in [4.69, 9.17) is 23.6 Å². The van der Waals surface area contributed by atoms with Crippen molar-refractivity contribution in [3.05, 3.63) is 100 Å². The second kappa shape index (κ2) is 12.2. The molecule has 1 atom stereocenters. The summed E-state index contributed by atoms with van der Waals surface area (Å²) < 4.78 is 22.2. The zero-order valence-corrected chi connectivity index (χ0v) is 23.2. The van der Waals surface area contributed by atoms with Crippen LogP contribution in [0.1, 0.15) is 36.3 Å². The molecule has 0 saturated carbocycles. The quantitative estimate of drug-likeness (QED) is 0.335. The number of fused-ring (bicyclic) bond motifs is 1. The van der Waals surface area contributed by atoms with Gasteiger partial charge in [0, 0.05) is 16.8 Å². The first-order valence-corrected chi connectivity index (χ1v) is 13.6. The third kappa shape index (κ3) is 5.48. The highest BCUT2D eigenvalue weighted by Gasteiger charge is 2.43. The van der Waals surface area contributed by atoms with E-state index in [0.717, 1.165) is 5.56 Å². The molecule has 1 aromatic heterocycles. The van der Waals surface area contributed by atoms with Crippen molar-refractivity contribution >= 4 is 34.5 Å². The molecular formula is C30H29N3O6S. The molecule has 0 aliphatic carbocycles. The number of methoxy groups -OCH3 is 2. The fourth-order valence-electron chi connectivity index (χ4n) is 4.66. The normalized spacial score (nSPS) is 16.2. The van der Waals surface area contributed by atoms with Crippen LogP contribution in [0.3, 0.4) is 0 Å². The molecule has 10 heteroatoms. The summed E-state index contributed by atoms with van der Waals surface area (Å²) in [6, 6.07) is 17.8. The number of hydrogen-bond donors (Lipinski definition) is 1. The lowest BCUT2D eigenvalue weighted by Gasteiger charge is -2.37. The van der Waals surface area contributed by atoms with E-state index >= 15 is 0 Å². The van der Waals surface area contributed by atoms with Crippen LogP contribution in [0.2, 0.25) is 0 Å². The SMILES string of the molecule is CCOC(=O)C1=C(c2ccccc2)N=C2SC=C(CC(=O)NCc3ccco3)N2C1c1cc(OC)ccc1OC. The predicted octanol–water partition coefficient (Wildman–Crippen LogP) is 5.28. The Kier molecular flexibility index (Phi) is 8.26. The van der Waals surface area contributed by atoms with Gasteiger partial charge < -0.3 is 28.8 Å². The average Bonchev–Trinajstić information content (AvgIpc) is 3.65. The average molecular weight is 560 g/mol. The van der Waals surface area contributed by atoms with E-state index in [1.165, 1.54) is 11.8 Å². The smallest absolute Gasteiger partial charge is 0.338 e. The lowest BCUT2D eigenvalue weighted by Crippen LogP contribution is -2.38. The highest BCUT2D eigenvalue weighted by Crippen LogP contribution is 2.49. The third-order valence-corrected chi connectivity index (χ3v) is 7.35. The minimum Gasteiger partial charge on any atom is -0.497 e. The molecular weight excluding hydrogens is 530 g/mol. The van der Waals surface area contributed by atoms with Gasteiger partial charge in [0.1, 0.15) is 17.3 Å². The lowest BCUT2D eigenvalue weighted by atomic mass is 9.90. The van der Waals surface area contributed by atoms with Crippen molar-refractivity contribution in [2.75, 3.05) is 20.8 Å². The maximum atomic E-state index is 13.7. The van der Waals surface area contributed by atoms with E-state index in [1.54, 1.807) is 51.7 Å². The molecule has 3 aromatic rings. The van der Waals surface area contributed by atoms with Crippen LogP contribution in [0.5, 0.6) is 11.5 Å². The Labute approximate surface area is 236 Å². The third-order valence-electron chi connectivity index (χ3n) is 6.47. The summed E-state index contributed by atoms with van der Waals surface area (Å²) in [6.45, 7) is 2.22. The number of carbonyl (C=O) groups excluding carboxylic acids is 2. The van der Waals surface area contributed by atoms with Crippen molar-refractivity contribution < 1.29 is 28.2 Å². The van der Waals surface area contributed by atoms with Gasteiger partial charge in [-0.3, -0.25) is 4.79 Å². The highest BCUT2D eigenvalue weighted by molar-refractivity contribution is 8.16. The molecule has 1 N–H and O–H groups in total. The maximum Gasteiger partial charge on any atom is 0.338 e. The van der Waals surface area contributed by atoms with Crippen molar-refractivity contribution in [1.82, 2.24) is 10.2 Å². The number of nitrogens with zero attached hydrogens (tertiary/aromatic N) is 2. The fraction of sp³-hybridized carbons (Fsp3) is 0.233. The van der Waals surface area contributed by atoms with Crippen molar-refractivity contribution in [2.24, 2.45) is 4.99 Å². The van der Waals surface area contributed by atoms with Crippen LogP contribution >= 0.6 is 11.8 Å². The first-order chi connectivity index (χ1) is 19.5. The first-order valence-electron chi connectivity index (χ1n) is 12.7. The highest BCUT2D eigenvalue weighted by atomic mass is 32.2. The molecule has 3 heterocycles. The number of nitrogens with one attached hydrogen (secondary N) is 1. The number of furan rings is 1. The van der Waals surface area contributed by atoms with Crippen LogP contribution in [-0.2, 0) is 20.9 Å². The number of hydrogen-bond acceptors (Lipinski definition) is 9. The Morgan fingerprint density at radius 1 is 1.07 bits per heavy atom. The maximum absolute atomic E-state index is 13.7. The molecule has 9 nitrogen and oxygen atoms in total. The molecule has 0 radical (unpaired) electrons. The molecule has 206 valence electrons. The topological polar surface area (TPSA) is 103 Å². The van der Waals surface area contributed by atoms with Gasteiger partial charge in [0.2, 0.25) is 5.91 Å². The van der Waals surface area contributed by atoms with Crippen LogP contribution in [0.4, 0.5) is 0 Å². The van der Waals surface area contributed by atoms with Crippen molar-refractivity contribution in [3.63, 3.8) is 0 Å². The molecule has 5 rings (SSSR count). The fourth-order valence-corrected chi connectivity index (χ4v) is 5.58. The molecule has 0 fully saturated rings. The van der Waals surface area contributed by atoms with Crippen LogP contribution in [-0.4, -0.2) is 42.8 Å². The van der Waals surface area contributed by atoms with Gasteiger partial charge >= 0.3 is 5.97 Å². The lowest BCUT2D eigenvalue weighted by molar-refractivity contribution is -0.139. The number of carbonyl (C=O) groups is 2. The summed E-state index contributed by atoms with van der Waals surface area (Å²) in [5.41, 5.74) is 2.98. The molecule has 2 aromatic carbocycles. The monoisotopic (exact) mass is 559 g/mol.